The predicted molar refractivity (Wildman–Crippen MR) is 99.4 cm³/mol. The standard InChI is InChI=1S/C20H18N4O2/c1-14(25)16-5-2-6-17(10-16)24-18-7-9-22-19(11-18)20(26)23-13-15-4-3-8-21-12-15/h2-12H,13H2,1H3,(H,22,24)(H,23,26). The van der Waals surface area contributed by atoms with Crippen LogP contribution in [-0.2, 0) is 6.54 Å². The zero-order chi connectivity index (χ0) is 18.4. The van der Waals surface area contributed by atoms with E-state index in [0.717, 1.165) is 11.3 Å². The van der Waals surface area contributed by atoms with Gasteiger partial charge in [0.05, 0.1) is 0 Å². The lowest BCUT2D eigenvalue weighted by atomic mass is 10.1. The fraction of sp³-hybridized carbons (Fsp3) is 0.100. The van der Waals surface area contributed by atoms with Gasteiger partial charge in [-0.25, -0.2) is 0 Å². The Morgan fingerprint density at radius 1 is 1.00 bits per heavy atom. The molecule has 0 aliphatic rings. The molecule has 0 aliphatic carbocycles. The molecule has 0 fully saturated rings. The number of hydrogen-bond acceptors (Lipinski definition) is 5. The Morgan fingerprint density at radius 3 is 2.62 bits per heavy atom. The third-order valence-corrected chi connectivity index (χ3v) is 3.73. The fourth-order valence-corrected chi connectivity index (χ4v) is 2.39. The molecule has 0 aliphatic heterocycles. The molecule has 0 bridgehead atoms. The van der Waals surface area contributed by atoms with Crippen LogP contribution in [0.4, 0.5) is 11.4 Å². The summed E-state index contributed by atoms with van der Waals surface area (Å²) in [6, 6.07) is 14.3. The van der Waals surface area contributed by atoms with Gasteiger partial charge in [-0.2, -0.15) is 0 Å². The van der Waals surface area contributed by atoms with Gasteiger partial charge in [0.2, 0.25) is 0 Å². The number of pyridine rings is 2. The molecule has 0 unspecified atom stereocenters. The molecule has 0 saturated heterocycles. The van der Waals surface area contributed by atoms with E-state index in [-0.39, 0.29) is 11.7 Å². The van der Waals surface area contributed by atoms with Crippen molar-refractivity contribution in [3.63, 3.8) is 0 Å². The molecule has 0 atom stereocenters. The maximum absolute atomic E-state index is 12.3. The van der Waals surface area contributed by atoms with Gasteiger partial charge in [-0.05, 0) is 42.8 Å². The number of ketones is 1. The molecular formula is C20H18N4O2. The summed E-state index contributed by atoms with van der Waals surface area (Å²) in [5.41, 5.74) is 3.33. The molecule has 2 N–H and O–H groups in total. The summed E-state index contributed by atoms with van der Waals surface area (Å²) in [6.45, 7) is 1.91. The van der Waals surface area contributed by atoms with Gasteiger partial charge in [0.1, 0.15) is 5.69 Å². The van der Waals surface area contributed by atoms with Crippen molar-refractivity contribution in [1.29, 1.82) is 0 Å². The highest BCUT2D eigenvalue weighted by atomic mass is 16.1. The number of aromatic nitrogens is 2. The lowest BCUT2D eigenvalue weighted by Crippen LogP contribution is -2.23. The second-order valence-corrected chi connectivity index (χ2v) is 5.74. The van der Waals surface area contributed by atoms with Crippen molar-refractivity contribution in [3.8, 4) is 0 Å². The van der Waals surface area contributed by atoms with Gasteiger partial charge >= 0.3 is 0 Å². The third kappa shape index (κ3) is 4.51. The average Bonchev–Trinajstić information content (AvgIpc) is 2.67. The third-order valence-electron chi connectivity index (χ3n) is 3.73. The van der Waals surface area contributed by atoms with Crippen LogP contribution >= 0.6 is 0 Å². The first-order valence-electron chi connectivity index (χ1n) is 8.13. The normalized spacial score (nSPS) is 10.2. The van der Waals surface area contributed by atoms with Gasteiger partial charge in [-0.1, -0.05) is 18.2 Å². The molecule has 3 aromatic rings. The van der Waals surface area contributed by atoms with Crippen molar-refractivity contribution in [2.75, 3.05) is 5.32 Å². The monoisotopic (exact) mass is 346 g/mol. The Hall–Kier alpha value is -3.54. The van der Waals surface area contributed by atoms with Crippen LogP contribution in [0.2, 0.25) is 0 Å². The van der Waals surface area contributed by atoms with E-state index >= 15 is 0 Å². The summed E-state index contributed by atoms with van der Waals surface area (Å²) in [5.74, 6) is -0.270. The Balaban J connectivity index is 1.68. The van der Waals surface area contributed by atoms with Crippen LogP contribution in [0, 0.1) is 0 Å². The van der Waals surface area contributed by atoms with Crippen LogP contribution < -0.4 is 10.6 Å². The summed E-state index contributed by atoms with van der Waals surface area (Å²) in [4.78, 5) is 31.9. The maximum Gasteiger partial charge on any atom is 0.270 e. The number of carbonyl (C=O) groups is 2. The van der Waals surface area contributed by atoms with Gasteiger partial charge < -0.3 is 10.6 Å². The Morgan fingerprint density at radius 2 is 1.85 bits per heavy atom. The van der Waals surface area contributed by atoms with Crippen LogP contribution in [0.3, 0.4) is 0 Å². The number of carbonyl (C=O) groups excluding carboxylic acids is 2. The number of hydrogen-bond donors (Lipinski definition) is 2. The van der Waals surface area contributed by atoms with Crippen LogP contribution in [0.1, 0.15) is 33.3 Å². The molecule has 2 aromatic heterocycles. The molecule has 0 saturated carbocycles. The first-order valence-corrected chi connectivity index (χ1v) is 8.13. The number of amides is 1. The lowest BCUT2D eigenvalue weighted by molar-refractivity contribution is 0.0945. The molecule has 0 radical (unpaired) electrons. The second-order valence-electron chi connectivity index (χ2n) is 5.74. The van der Waals surface area contributed by atoms with Gasteiger partial charge in [0.25, 0.3) is 5.91 Å². The highest BCUT2D eigenvalue weighted by molar-refractivity contribution is 5.95. The summed E-state index contributed by atoms with van der Waals surface area (Å²) in [6.07, 6.45) is 4.95. The molecular weight excluding hydrogens is 328 g/mol. The summed E-state index contributed by atoms with van der Waals surface area (Å²) >= 11 is 0. The number of nitrogens with zero attached hydrogens (tertiary/aromatic N) is 2. The minimum absolute atomic E-state index is 0.00107. The number of anilines is 2. The minimum Gasteiger partial charge on any atom is -0.355 e. The van der Waals surface area contributed by atoms with Crippen LogP contribution in [-0.4, -0.2) is 21.7 Å². The largest absolute Gasteiger partial charge is 0.355 e. The highest BCUT2D eigenvalue weighted by Crippen LogP contribution is 2.18. The van der Waals surface area contributed by atoms with E-state index in [1.165, 1.54) is 6.92 Å². The smallest absolute Gasteiger partial charge is 0.270 e. The molecule has 3 rings (SSSR count). The maximum atomic E-state index is 12.3. The van der Waals surface area contributed by atoms with E-state index in [1.807, 2.05) is 24.3 Å². The number of Topliss-reactive ketones (excluding diaryl/α,β-unsaturated/α-hetero) is 1. The van der Waals surface area contributed by atoms with Crippen molar-refractivity contribution in [1.82, 2.24) is 15.3 Å². The molecule has 26 heavy (non-hydrogen) atoms. The topological polar surface area (TPSA) is 84.0 Å². The molecule has 0 spiro atoms. The summed E-state index contributed by atoms with van der Waals surface area (Å²) in [5, 5.41) is 6.00. The molecule has 130 valence electrons. The predicted octanol–water partition coefficient (Wildman–Crippen LogP) is 3.35. The van der Waals surface area contributed by atoms with Gasteiger partial charge in [0.15, 0.2) is 5.78 Å². The Kier molecular flexibility index (Phi) is 5.34. The number of rotatable bonds is 6. The van der Waals surface area contributed by atoms with Crippen molar-refractivity contribution in [2.24, 2.45) is 0 Å². The van der Waals surface area contributed by atoms with E-state index in [0.29, 0.717) is 23.5 Å². The molecule has 1 amide bonds. The number of benzene rings is 1. The average molecular weight is 346 g/mol. The van der Waals surface area contributed by atoms with E-state index in [2.05, 4.69) is 20.6 Å². The lowest BCUT2D eigenvalue weighted by Gasteiger charge is -2.09. The first-order chi connectivity index (χ1) is 12.6. The van der Waals surface area contributed by atoms with Crippen LogP contribution in [0.5, 0.6) is 0 Å². The number of nitrogens with one attached hydrogen (secondary N) is 2. The van der Waals surface area contributed by atoms with E-state index in [9.17, 15) is 9.59 Å². The van der Waals surface area contributed by atoms with E-state index in [1.54, 1.807) is 42.9 Å². The van der Waals surface area contributed by atoms with E-state index < -0.39 is 0 Å². The van der Waals surface area contributed by atoms with Crippen molar-refractivity contribution in [2.45, 2.75) is 13.5 Å². The van der Waals surface area contributed by atoms with Gasteiger partial charge in [0, 0.05) is 42.1 Å². The van der Waals surface area contributed by atoms with Crippen LogP contribution in [0.15, 0.2) is 67.1 Å². The van der Waals surface area contributed by atoms with Crippen LogP contribution in [0.25, 0.3) is 0 Å². The summed E-state index contributed by atoms with van der Waals surface area (Å²) < 4.78 is 0. The first kappa shape index (κ1) is 17.3. The Labute approximate surface area is 151 Å². The van der Waals surface area contributed by atoms with Crippen molar-refractivity contribution < 1.29 is 9.59 Å². The molecule has 2 heterocycles. The van der Waals surface area contributed by atoms with Crippen molar-refractivity contribution >= 4 is 23.1 Å². The zero-order valence-electron chi connectivity index (χ0n) is 14.3. The van der Waals surface area contributed by atoms with Gasteiger partial charge in [-0.15, -0.1) is 0 Å². The van der Waals surface area contributed by atoms with Crippen molar-refractivity contribution in [3.05, 3.63) is 83.9 Å². The van der Waals surface area contributed by atoms with Gasteiger partial charge in [-0.3, -0.25) is 19.6 Å². The zero-order valence-corrected chi connectivity index (χ0v) is 14.3. The minimum atomic E-state index is -0.269. The van der Waals surface area contributed by atoms with E-state index in [4.69, 9.17) is 0 Å². The molecule has 6 heteroatoms. The SMILES string of the molecule is CC(=O)c1cccc(Nc2ccnc(C(=O)NCc3cccnc3)c2)c1. The quantitative estimate of drug-likeness (QED) is 0.669. The fourth-order valence-electron chi connectivity index (χ4n) is 2.39. The second kappa shape index (κ2) is 8.02. The summed E-state index contributed by atoms with van der Waals surface area (Å²) in [7, 11) is 0. The highest BCUT2D eigenvalue weighted by Gasteiger charge is 2.08. The molecule has 6 nitrogen and oxygen atoms in total. The Bertz CT molecular complexity index is 926. The molecule has 1 aromatic carbocycles.